The predicted molar refractivity (Wildman–Crippen MR) is 143 cm³/mol. The van der Waals surface area contributed by atoms with Crippen molar-refractivity contribution in [3.8, 4) is 0 Å². The third-order valence-corrected chi connectivity index (χ3v) is 9.20. The van der Waals surface area contributed by atoms with E-state index in [0.717, 1.165) is 0 Å². The van der Waals surface area contributed by atoms with Gasteiger partial charge in [-0.05, 0) is 68.2 Å². The molecule has 2 saturated carbocycles. The van der Waals surface area contributed by atoms with Crippen LogP contribution in [0.4, 0.5) is 26.3 Å². The van der Waals surface area contributed by atoms with Crippen LogP contribution in [-0.2, 0) is 22.3 Å². The van der Waals surface area contributed by atoms with Gasteiger partial charge in [-0.1, -0.05) is 5.16 Å². The van der Waals surface area contributed by atoms with Crippen LogP contribution >= 0.6 is 0 Å². The Morgan fingerprint density at radius 1 is 1.13 bits per heavy atom. The highest BCUT2D eigenvalue weighted by atomic mass is 19.4. The highest BCUT2D eigenvalue weighted by Crippen LogP contribution is 2.50. The molecule has 1 aliphatic heterocycles. The summed E-state index contributed by atoms with van der Waals surface area (Å²) in [6.45, 7) is 1.52. The maximum atomic E-state index is 14.7. The molecule has 47 heavy (non-hydrogen) atoms. The van der Waals surface area contributed by atoms with Gasteiger partial charge in [0.15, 0.2) is 17.0 Å². The van der Waals surface area contributed by atoms with E-state index in [-0.39, 0.29) is 73.2 Å². The minimum absolute atomic E-state index is 0.0813. The van der Waals surface area contributed by atoms with E-state index in [9.17, 15) is 35.9 Å². The molecule has 4 aromatic rings. The Bertz CT molecular complexity index is 1840. The molecular formula is C28H27F6N9O4. The van der Waals surface area contributed by atoms with Gasteiger partial charge in [-0.25, -0.2) is 27.3 Å². The lowest BCUT2D eigenvalue weighted by Crippen LogP contribution is -2.40. The summed E-state index contributed by atoms with van der Waals surface area (Å²) in [6.07, 6.45) is -3.46. The van der Waals surface area contributed by atoms with E-state index in [2.05, 4.69) is 40.5 Å². The summed E-state index contributed by atoms with van der Waals surface area (Å²) < 4.78 is 95.5. The lowest BCUT2D eigenvalue weighted by molar-refractivity contribution is -0.155. The molecule has 7 rings (SSSR count). The van der Waals surface area contributed by atoms with E-state index in [1.54, 1.807) is 0 Å². The molecule has 2 amide bonds. The van der Waals surface area contributed by atoms with Gasteiger partial charge in [-0.15, -0.1) is 10.2 Å². The Morgan fingerprint density at radius 3 is 2.49 bits per heavy atom. The van der Waals surface area contributed by atoms with Crippen LogP contribution in [0.3, 0.4) is 0 Å². The van der Waals surface area contributed by atoms with Gasteiger partial charge >= 0.3 is 6.18 Å². The first-order chi connectivity index (χ1) is 22.2. The minimum Gasteiger partial charge on any atom is -0.421 e. The van der Waals surface area contributed by atoms with Crippen molar-refractivity contribution in [2.45, 2.75) is 93.6 Å². The number of halogens is 6. The highest BCUT2D eigenvalue weighted by molar-refractivity contribution is 5.93. The number of hydrogen-bond acceptors (Lipinski definition) is 10. The Kier molecular flexibility index (Phi) is 7.09. The number of aryl methyl sites for hydroxylation is 1. The summed E-state index contributed by atoms with van der Waals surface area (Å²) in [6, 6.07) is -1.57. The van der Waals surface area contributed by atoms with Crippen LogP contribution in [-0.4, -0.2) is 65.1 Å². The Morgan fingerprint density at radius 2 is 1.85 bits per heavy atom. The maximum Gasteiger partial charge on any atom is 0.408 e. The molecule has 0 bridgehead atoms. The first kappa shape index (κ1) is 31.0. The van der Waals surface area contributed by atoms with Crippen molar-refractivity contribution in [1.29, 1.82) is 0 Å². The molecule has 4 aromatic heterocycles. The van der Waals surface area contributed by atoms with Crippen LogP contribution in [0.15, 0.2) is 27.5 Å². The molecular weight excluding hydrogens is 640 g/mol. The molecule has 2 aliphatic carbocycles. The Hall–Kier alpha value is -4.58. The van der Waals surface area contributed by atoms with Crippen LogP contribution in [0.5, 0.6) is 0 Å². The molecule has 3 aliphatic rings. The number of fused-ring (bicyclic) bond motifs is 1. The third kappa shape index (κ3) is 5.68. The van der Waals surface area contributed by atoms with Gasteiger partial charge in [0.1, 0.15) is 17.2 Å². The molecule has 0 aromatic carbocycles. The van der Waals surface area contributed by atoms with Crippen molar-refractivity contribution in [3.63, 3.8) is 0 Å². The Labute approximate surface area is 260 Å². The second-order valence-corrected chi connectivity index (χ2v) is 12.6. The molecule has 3 atom stereocenters. The number of nitrogens with one attached hydrogen (secondary N) is 2. The maximum absolute atomic E-state index is 14.7. The molecule has 2 N–H and O–H groups in total. The summed E-state index contributed by atoms with van der Waals surface area (Å²) in [5, 5.41) is 23.8. The highest BCUT2D eigenvalue weighted by Gasteiger charge is 2.60. The number of imidazole rings is 1. The predicted octanol–water partition coefficient (Wildman–Crippen LogP) is 3.99. The zero-order valence-electron chi connectivity index (χ0n) is 24.7. The zero-order chi connectivity index (χ0) is 33.4. The average Bonchev–Trinajstić information content (AvgIpc) is 3.48. The van der Waals surface area contributed by atoms with Gasteiger partial charge < -0.3 is 15.1 Å². The van der Waals surface area contributed by atoms with Gasteiger partial charge in [0.25, 0.3) is 11.8 Å². The van der Waals surface area contributed by atoms with Crippen LogP contribution in [0.1, 0.15) is 90.2 Å². The van der Waals surface area contributed by atoms with E-state index < -0.39 is 71.2 Å². The largest absolute Gasteiger partial charge is 0.421 e. The van der Waals surface area contributed by atoms with Gasteiger partial charge in [-0.2, -0.15) is 18.3 Å². The molecule has 0 unspecified atom stereocenters. The lowest BCUT2D eigenvalue weighted by Gasteiger charge is -2.33. The number of amides is 2. The van der Waals surface area contributed by atoms with Crippen LogP contribution < -0.4 is 10.6 Å². The van der Waals surface area contributed by atoms with Gasteiger partial charge in [0.2, 0.25) is 17.7 Å². The summed E-state index contributed by atoms with van der Waals surface area (Å²) in [7, 11) is 0. The normalized spacial score (nSPS) is 24.7. The molecule has 3 fully saturated rings. The lowest BCUT2D eigenvalue weighted by atomic mass is 9.79. The van der Waals surface area contributed by atoms with E-state index in [4.69, 9.17) is 4.42 Å². The van der Waals surface area contributed by atoms with Gasteiger partial charge in [0.05, 0.1) is 24.1 Å². The number of rotatable bonds is 8. The van der Waals surface area contributed by atoms with Crippen molar-refractivity contribution in [2.24, 2.45) is 5.92 Å². The molecule has 250 valence electrons. The van der Waals surface area contributed by atoms with Crippen molar-refractivity contribution >= 4 is 17.5 Å². The summed E-state index contributed by atoms with van der Waals surface area (Å²) in [5.74, 6) is -5.76. The summed E-state index contributed by atoms with van der Waals surface area (Å²) >= 11 is 0. The van der Waals surface area contributed by atoms with E-state index in [1.807, 2.05) is 5.32 Å². The second kappa shape index (κ2) is 10.7. The topological polar surface area (TPSA) is 166 Å². The second-order valence-electron chi connectivity index (χ2n) is 12.6. The van der Waals surface area contributed by atoms with Gasteiger partial charge in [0, 0.05) is 12.8 Å². The zero-order valence-corrected chi connectivity index (χ0v) is 24.7. The number of aromatic nitrogens is 7. The van der Waals surface area contributed by atoms with E-state index in [1.165, 1.54) is 29.9 Å². The van der Waals surface area contributed by atoms with Crippen molar-refractivity contribution in [1.82, 2.24) is 45.7 Å². The number of carbonyl (C=O) groups excluding carboxylic acids is 2. The van der Waals surface area contributed by atoms with E-state index in [0.29, 0.717) is 0 Å². The monoisotopic (exact) mass is 667 g/mol. The van der Waals surface area contributed by atoms with Crippen molar-refractivity contribution in [3.05, 3.63) is 52.9 Å². The summed E-state index contributed by atoms with van der Waals surface area (Å²) in [4.78, 5) is 30.9. The number of alkyl halides is 6. The molecule has 5 heterocycles. The summed E-state index contributed by atoms with van der Waals surface area (Å²) in [5.41, 5.74) is -2.96. The number of nitrogens with zero attached hydrogens (tertiary/aromatic N) is 7. The SMILES string of the molecule is Cc1nonc1C(=O)N[C@H](c1cn2ncc(C[C@]3(c4nnc(C5(F)CC5)o4)C[C@@H](C(F)(F)F)NC3=O)cc2n1)C1CCC(F)(F)CC1. The molecule has 0 spiro atoms. The smallest absolute Gasteiger partial charge is 0.408 e. The molecule has 13 nitrogen and oxygen atoms in total. The molecule has 1 saturated heterocycles. The number of carbonyl (C=O) groups is 2. The fourth-order valence-corrected chi connectivity index (χ4v) is 6.33. The third-order valence-electron chi connectivity index (χ3n) is 9.20. The fraction of sp³-hybridized carbons (Fsp3) is 0.571. The molecule has 19 heteroatoms. The quantitative estimate of drug-likeness (QED) is 0.263. The fourth-order valence-electron chi connectivity index (χ4n) is 6.33. The van der Waals surface area contributed by atoms with Crippen molar-refractivity contribution in [2.75, 3.05) is 0 Å². The van der Waals surface area contributed by atoms with E-state index >= 15 is 0 Å². The van der Waals surface area contributed by atoms with Crippen LogP contribution in [0, 0.1) is 12.8 Å². The van der Waals surface area contributed by atoms with Crippen LogP contribution in [0.25, 0.3) is 5.65 Å². The standard InChI is InChI=1S/C28H27F6N9O4/c1-13-19(42-47-41-13)21(44)38-20(15-2-4-27(30,31)5-3-15)16-12-43-18(36-16)8-14(11-35-43)9-25(10-17(28(32,33)34)37-22(25)45)23-39-40-24(46-23)26(29)6-7-26/h8,11-12,15,17,20H,2-7,9-10H2,1H3,(H,37,45)(H,38,44)/t17-,20-,25-/m0/s1. The van der Waals surface area contributed by atoms with Crippen molar-refractivity contribution < 1.29 is 45.0 Å². The van der Waals surface area contributed by atoms with Crippen LogP contribution in [0.2, 0.25) is 0 Å². The Balaban J connectivity index is 1.21. The minimum atomic E-state index is -4.78. The van der Waals surface area contributed by atoms with Gasteiger partial charge in [-0.3, -0.25) is 9.59 Å². The number of hydrogen-bond donors (Lipinski definition) is 2. The first-order valence-corrected chi connectivity index (χ1v) is 14.9. The first-order valence-electron chi connectivity index (χ1n) is 14.9. The molecule has 0 radical (unpaired) electrons. The average molecular weight is 668 g/mol.